The first kappa shape index (κ1) is 13.1. The summed E-state index contributed by atoms with van der Waals surface area (Å²) in [5.41, 5.74) is 8.10. The third-order valence-electron chi connectivity index (χ3n) is 4.49. The van der Waals surface area contributed by atoms with Gasteiger partial charge in [0.1, 0.15) is 5.75 Å². The fourth-order valence-corrected chi connectivity index (χ4v) is 3.41. The lowest BCUT2D eigenvalue weighted by atomic mass is 9.98. The zero-order valence-corrected chi connectivity index (χ0v) is 12.7. The van der Waals surface area contributed by atoms with Crippen LogP contribution in [-0.4, -0.2) is 13.0 Å². The molecule has 2 aliphatic rings. The Morgan fingerprint density at radius 2 is 1.82 bits per heavy atom. The molecule has 0 unspecified atom stereocenters. The van der Waals surface area contributed by atoms with E-state index in [9.17, 15) is 4.79 Å². The minimum Gasteiger partial charge on any atom is -0.497 e. The van der Waals surface area contributed by atoms with Gasteiger partial charge in [-0.15, -0.1) is 0 Å². The number of nitrogens with one attached hydrogen (secondary N) is 1. The Bertz CT molecular complexity index is 833. The number of methoxy groups -OCH3 is 1. The first-order valence-corrected chi connectivity index (χ1v) is 7.46. The summed E-state index contributed by atoms with van der Waals surface area (Å²) in [5, 5.41) is 3.01. The molecule has 2 aromatic rings. The van der Waals surface area contributed by atoms with Crippen LogP contribution in [0.3, 0.4) is 0 Å². The number of allylic oxidation sites excluding steroid dienone is 1. The molecule has 0 saturated heterocycles. The number of ether oxygens (including phenoxy) is 1. The van der Waals surface area contributed by atoms with Crippen LogP contribution in [0.15, 0.2) is 36.4 Å². The smallest absolute Gasteiger partial charge is 0.228 e. The first-order chi connectivity index (χ1) is 10.7. The molecular formula is C19H17NO2. The zero-order valence-electron chi connectivity index (χ0n) is 12.7. The van der Waals surface area contributed by atoms with Crippen molar-refractivity contribution in [3.63, 3.8) is 0 Å². The Morgan fingerprint density at radius 1 is 1.00 bits per heavy atom. The van der Waals surface area contributed by atoms with E-state index in [-0.39, 0.29) is 5.91 Å². The van der Waals surface area contributed by atoms with Crippen molar-refractivity contribution < 1.29 is 9.53 Å². The van der Waals surface area contributed by atoms with Gasteiger partial charge in [-0.1, -0.05) is 23.8 Å². The van der Waals surface area contributed by atoms with E-state index < -0.39 is 0 Å². The molecule has 3 nitrogen and oxygen atoms in total. The van der Waals surface area contributed by atoms with Crippen molar-refractivity contribution in [1.82, 2.24) is 0 Å². The minimum absolute atomic E-state index is 0.0470. The lowest BCUT2D eigenvalue weighted by Gasteiger charge is -2.11. The van der Waals surface area contributed by atoms with Crippen LogP contribution in [0.1, 0.15) is 28.7 Å². The number of hydrogen-bond acceptors (Lipinski definition) is 2. The molecule has 0 saturated carbocycles. The Kier molecular flexibility index (Phi) is 2.83. The van der Waals surface area contributed by atoms with Crippen LogP contribution < -0.4 is 10.1 Å². The van der Waals surface area contributed by atoms with Crippen molar-refractivity contribution in [3.05, 3.63) is 58.7 Å². The highest BCUT2D eigenvalue weighted by Gasteiger charge is 2.28. The fraction of sp³-hybridized carbons (Fsp3) is 0.211. The van der Waals surface area contributed by atoms with Gasteiger partial charge in [-0.05, 0) is 53.8 Å². The molecule has 1 amide bonds. The summed E-state index contributed by atoms with van der Waals surface area (Å²) in [6.45, 7) is 2.09. The highest BCUT2D eigenvalue weighted by molar-refractivity contribution is 6.12. The van der Waals surface area contributed by atoms with Crippen LogP contribution in [0.4, 0.5) is 5.69 Å². The third-order valence-corrected chi connectivity index (χ3v) is 4.49. The summed E-state index contributed by atoms with van der Waals surface area (Å²) in [6.07, 6.45) is 1.31. The highest BCUT2D eigenvalue weighted by atomic mass is 16.5. The summed E-state index contributed by atoms with van der Waals surface area (Å²) in [7, 11) is 1.67. The van der Waals surface area contributed by atoms with Gasteiger partial charge in [-0.3, -0.25) is 4.79 Å². The Labute approximate surface area is 129 Å². The van der Waals surface area contributed by atoms with E-state index in [0.717, 1.165) is 29.0 Å². The number of anilines is 1. The molecule has 0 fully saturated rings. The molecule has 0 aromatic heterocycles. The number of rotatable bonds is 1. The van der Waals surface area contributed by atoms with E-state index in [1.54, 1.807) is 7.11 Å². The molecule has 0 bridgehead atoms. The molecule has 0 spiro atoms. The molecule has 22 heavy (non-hydrogen) atoms. The summed E-state index contributed by atoms with van der Waals surface area (Å²) in [5.74, 6) is 0.861. The van der Waals surface area contributed by atoms with Crippen LogP contribution in [0.2, 0.25) is 0 Å². The number of aryl methyl sites for hydroxylation is 1. The largest absolute Gasteiger partial charge is 0.497 e. The second-order valence-corrected chi connectivity index (χ2v) is 5.93. The van der Waals surface area contributed by atoms with Gasteiger partial charge in [0.2, 0.25) is 5.91 Å². The summed E-state index contributed by atoms with van der Waals surface area (Å²) in [4.78, 5) is 12.3. The Morgan fingerprint density at radius 3 is 2.64 bits per heavy atom. The van der Waals surface area contributed by atoms with Crippen LogP contribution in [0, 0.1) is 6.92 Å². The second-order valence-electron chi connectivity index (χ2n) is 5.93. The Hall–Kier alpha value is -2.55. The van der Waals surface area contributed by atoms with Gasteiger partial charge in [0.15, 0.2) is 0 Å². The standard InChI is InChI=1S/C19H17NO2/c1-11-3-4-12-8-15-16(14(12)7-11)10-19(21)20-18-6-5-13(22-2)9-17(15)18/h3-7,9H,8,10H2,1-2H3,(H,20,21). The van der Waals surface area contributed by atoms with Gasteiger partial charge in [0.25, 0.3) is 0 Å². The van der Waals surface area contributed by atoms with E-state index in [1.807, 2.05) is 18.2 Å². The van der Waals surface area contributed by atoms with Crippen LogP contribution in [0.25, 0.3) is 11.1 Å². The summed E-state index contributed by atoms with van der Waals surface area (Å²) < 4.78 is 5.36. The molecule has 1 aliphatic heterocycles. The minimum atomic E-state index is 0.0470. The summed E-state index contributed by atoms with van der Waals surface area (Å²) in [6, 6.07) is 12.3. The Balaban J connectivity index is 1.95. The maximum absolute atomic E-state index is 12.3. The van der Waals surface area contributed by atoms with E-state index in [1.165, 1.54) is 22.3 Å². The fourth-order valence-electron chi connectivity index (χ4n) is 3.41. The lowest BCUT2D eigenvalue weighted by molar-refractivity contribution is -0.115. The molecule has 1 aliphatic carbocycles. The molecule has 1 N–H and O–H groups in total. The molecule has 0 atom stereocenters. The van der Waals surface area contributed by atoms with E-state index in [4.69, 9.17) is 4.74 Å². The number of hydrogen-bond donors (Lipinski definition) is 1. The van der Waals surface area contributed by atoms with Crippen molar-refractivity contribution in [1.29, 1.82) is 0 Å². The molecule has 0 radical (unpaired) electrons. The van der Waals surface area contributed by atoms with Gasteiger partial charge in [0.05, 0.1) is 13.5 Å². The summed E-state index contributed by atoms with van der Waals surface area (Å²) >= 11 is 0. The average Bonchev–Trinajstić information content (AvgIpc) is 2.78. The maximum Gasteiger partial charge on any atom is 0.228 e. The second kappa shape index (κ2) is 4.73. The van der Waals surface area contributed by atoms with E-state index in [0.29, 0.717) is 6.42 Å². The van der Waals surface area contributed by atoms with Gasteiger partial charge < -0.3 is 10.1 Å². The van der Waals surface area contributed by atoms with Crippen molar-refractivity contribution in [2.75, 3.05) is 12.4 Å². The third kappa shape index (κ3) is 1.93. The molecule has 3 heteroatoms. The molecular weight excluding hydrogens is 274 g/mol. The van der Waals surface area contributed by atoms with Crippen molar-refractivity contribution in [2.24, 2.45) is 0 Å². The first-order valence-electron chi connectivity index (χ1n) is 7.46. The SMILES string of the molecule is COc1ccc2c(c1)C1=C(CC(=O)N2)c2cc(C)ccc2C1. The predicted octanol–water partition coefficient (Wildman–Crippen LogP) is 3.81. The van der Waals surface area contributed by atoms with Crippen LogP contribution in [0.5, 0.6) is 5.75 Å². The average molecular weight is 291 g/mol. The lowest BCUT2D eigenvalue weighted by Crippen LogP contribution is -2.11. The normalized spacial score (nSPS) is 15.6. The topological polar surface area (TPSA) is 38.3 Å². The molecule has 1 heterocycles. The van der Waals surface area contributed by atoms with Gasteiger partial charge in [-0.25, -0.2) is 0 Å². The molecule has 4 rings (SSSR count). The number of carbonyl (C=O) groups is 1. The van der Waals surface area contributed by atoms with Gasteiger partial charge in [-0.2, -0.15) is 0 Å². The van der Waals surface area contributed by atoms with E-state index in [2.05, 4.69) is 30.4 Å². The quantitative estimate of drug-likeness (QED) is 0.867. The monoisotopic (exact) mass is 291 g/mol. The van der Waals surface area contributed by atoms with Crippen LogP contribution >= 0.6 is 0 Å². The number of fused-ring (bicyclic) bond motifs is 4. The van der Waals surface area contributed by atoms with Crippen LogP contribution in [-0.2, 0) is 11.2 Å². The zero-order chi connectivity index (χ0) is 15.3. The number of benzene rings is 2. The number of carbonyl (C=O) groups excluding carboxylic acids is 1. The number of amides is 1. The predicted molar refractivity (Wildman–Crippen MR) is 87.9 cm³/mol. The van der Waals surface area contributed by atoms with Gasteiger partial charge >= 0.3 is 0 Å². The van der Waals surface area contributed by atoms with Crippen molar-refractivity contribution in [3.8, 4) is 5.75 Å². The van der Waals surface area contributed by atoms with E-state index >= 15 is 0 Å². The van der Waals surface area contributed by atoms with Crippen molar-refractivity contribution in [2.45, 2.75) is 19.8 Å². The molecule has 2 aromatic carbocycles. The maximum atomic E-state index is 12.3. The highest BCUT2D eigenvalue weighted by Crippen LogP contribution is 2.45. The van der Waals surface area contributed by atoms with Crippen molar-refractivity contribution >= 4 is 22.7 Å². The molecule has 110 valence electrons. The van der Waals surface area contributed by atoms with Gasteiger partial charge in [0, 0.05) is 11.3 Å².